The van der Waals surface area contributed by atoms with Gasteiger partial charge >= 0.3 is 16.5 Å². The molecule has 0 atom stereocenters. The van der Waals surface area contributed by atoms with Gasteiger partial charge in [-0.2, -0.15) is 0 Å². The summed E-state index contributed by atoms with van der Waals surface area (Å²) >= 11 is 0. The molecule has 0 bridgehead atoms. The van der Waals surface area contributed by atoms with Crippen LogP contribution in [0.3, 0.4) is 0 Å². The Balaban J connectivity index is 0.000000231. The van der Waals surface area contributed by atoms with Crippen LogP contribution in [0.4, 0.5) is 0 Å². The van der Waals surface area contributed by atoms with Crippen LogP contribution in [0, 0.1) is 24.5 Å². The van der Waals surface area contributed by atoms with Crippen molar-refractivity contribution in [2.24, 2.45) is 0 Å². The van der Waals surface area contributed by atoms with E-state index in [1.807, 2.05) is 78.9 Å². The van der Waals surface area contributed by atoms with E-state index in [2.05, 4.69) is 55.9 Å². The van der Waals surface area contributed by atoms with Gasteiger partial charge in [0, 0.05) is 0 Å². The zero-order chi connectivity index (χ0) is 21.4. The topological polar surface area (TPSA) is 12.9 Å². The second kappa shape index (κ2) is 11.3. The number of aromatic nitrogens is 1. The Hall–Kier alpha value is -3.14. The van der Waals surface area contributed by atoms with Crippen LogP contribution in [0.15, 0.2) is 91.0 Å². The molecule has 0 saturated heterocycles. The van der Waals surface area contributed by atoms with Gasteiger partial charge in [0.1, 0.15) is 0 Å². The van der Waals surface area contributed by atoms with E-state index in [1.165, 1.54) is 5.56 Å². The largest absolute Gasteiger partial charge is 3.00 e. The van der Waals surface area contributed by atoms with E-state index in [9.17, 15) is 0 Å². The minimum absolute atomic E-state index is 0. The number of hydrogen-bond acceptors (Lipinski definition) is 1. The summed E-state index contributed by atoms with van der Waals surface area (Å²) < 4.78 is 0. The third-order valence-electron chi connectivity index (χ3n) is 4.61. The molecule has 0 amide bonds. The molecule has 1 aromatic heterocycles. The second-order valence-electron chi connectivity index (χ2n) is 7.91. The number of benzene rings is 3. The van der Waals surface area contributed by atoms with Gasteiger partial charge in [-0.1, -0.05) is 51.1 Å². The predicted molar refractivity (Wildman–Crippen MR) is 124 cm³/mol. The molecule has 0 saturated carbocycles. The van der Waals surface area contributed by atoms with Crippen molar-refractivity contribution in [3.63, 3.8) is 0 Å². The molecule has 4 aromatic rings. The van der Waals surface area contributed by atoms with Crippen LogP contribution >= 0.6 is 0 Å². The maximum atomic E-state index is 6.92. The first-order chi connectivity index (χ1) is 14.5. The molecule has 2 heteroatoms. The molecule has 3 aromatic carbocycles. The number of nitrogens with zero attached hydrogens (tertiary/aromatic N) is 1. The van der Waals surface area contributed by atoms with Gasteiger partial charge in [-0.25, -0.2) is 0 Å². The van der Waals surface area contributed by atoms with Crippen LogP contribution in [0.5, 0.6) is 0 Å². The molecule has 0 aliphatic heterocycles. The van der Waals surface area contributed by atoms with Gasteiger partial charge in [0.05, 0.1) is 0 Å². The molecule has 0 aliphatic carbocycles. The summed E-state index contributed by atoms with van der Waals surface area (Å²) in [5.74, 6) is 2.36. The summed E-state index contributed by atoms with van der Waals surface area (Å²) in [4.78, 5) is 4.65. The first-order valence-corrected chi connectivity index (χ1v) is 9.92. The van der Waals surface area contributed by atoms with Crippen LogP contribution in [0.25, 0.3) is 22.5 Å². The molecule has 0 aliphatic rings. The molecule has 1 nitrogen and oxygen atoms in total. The van der Waals surface area contributed by atoms with Gasteiger partial charge in [-0.05, 0) is 22.4 Å². The predicted octanol–water partition coefficient (Wildman–Crippen LogP) is 6.94. The molecule has 1 heterocycles. The van der Waals surface area contributed by atoms with Crippen LogP contribution in [0.2, 0.25) is 0 Å². The number of rotatable bonds is 2. The Morgan fingerprint density at radius 1 is 0.710 bits per heavy atom. The van der Waals surface area contributed by atoms with Gasteiger partial charge in [0.2, 0.25) is 0 Å². The molecule has 0 fully saturated rings. The van der Waals surface area contributed by atoms with Crippen molar-refractivity contribution in [3.8, 4) is 28.4 Å². The smallest absolute Gasteiger partial charge is 0.366 e. The quantitative estimate of drug-likeness (QED) is 0.185. The molecule has 31 heavy (non-hydrogen) atoms. The third-order valence-corrected chi connectivity index (χ3v) is 4.61. The summed E-state index contributed by atoms with van der Waals surface area (Å²) in [6.45, 7) is 6.53. The minimum atomic E-state index is 0. The summed E-state index contributed by atoms with van der Waals surface area (Å²) in [6.07, 6.45) is 6.92. The standard InChI is InChI=1S/C17H11N.C12H13.Ni/c1-3-8-14(9-4-1)16-12-7-13-17(18-16)15-10-5-2-6-11-15;1-5-10-6-8-11(9-7-10)12(2,3)4;/h1-8,10,12-13H;6-9H,2-4H3;/q-2;-1;+3. The van der Waals surface area contributed by atoms with Crippen molar-refractivity contribution < 1.29 is 16.5 Å². The summed E-state index contributed by atoms with van der Waals surface area (Å²) in [6, 6.07) is 36.1. The van der Waals surface area contributed by atoms with Crippen LogP contribution < -0.4 is 0 Å². The van der Waals surface area contributed by atoms with Gasteiger partial charge in [-0.15, -0.1) is 89.5 Å². The Morgan fingerprint density at radius 3 is 1.61 bits per heavy atom. The van der Waals surface area contributed by atoms with Gasteiger partial charge in [-0.3, -0.25) is 5.92 Å². The first kappa shape index (κ1) is 24.1. The molecule has 155 valence electrons. The van der Waals surface area contributed by atoms with E-state index in [1.54, 1.807) is 0 Å². The van der Waals surface area contributed by atoms with E-state index in [-0.39, 0.29) is 21.9 Å². The van der Waals surface area contributed by atoms with Crippen molar-refractivity contribution in [1.29, 1.82) is 0 Å². The van der Waals surface area contributed by atoms with Gasteiger partial charge < -0.3 is 11.4 Å². The van der Waals surface area contributed by atoms with Gasteiger partial charge in [0.25, 0.3) is 0 Å². The molecule has 4 rings (SSSR count). The Labute approximate surface area is 196 Å². The van der Waals surface area contributed by atoms with Crippen LogP contribution in [0.1, 0.15) is 31.9 Å². The number of hydrogen-bond donors (Lipinski definition) is 0. The molecule has 0 spiro atoms. The SMILES string of the molecule is [C-]#Cc1ccc(C(C)(C)C)cc1.[Ni+3].[c-]1ccccc1-c1cccc(-c2[c-]cccc2)n1. The maximum Gasteiger partial charge on any atom is 3.00 e. The Bertz CT molecular complexity index is 1050. The summed E-state index contributed by atoms with van der Waals surface area (Å²) in [7, 11) is 0. The van der Waals surface area contributed by atoms with Crippen molar-refractivity contribution in [2.45, 2.75) is 26.2 Å². The minimum Gasteiger partial charge on any atom is -0.366 e. The van der Waals surface area contributed by atoms with Crippen molar-refractivity contribution in [3.05, 3.63) is 121 Å². The molecule has 0 N–H and O–H groups in total. The molecule has 0 unspecified atom stereocenters. The maximum absolute atomic E-state index is 6.92. The van der Waals surface area contributed by atoms with Crippen LogP contribution in [-0.2, 0) is 21.9 Å². The molecular weight excluding hydrogens is 421 g/mol. The van der Waals surface area contributed by atoms with E-state index in [4.69, 9.17) is 6.42 Å². The van der Waals surface area contributed by atoms with E-state index in [0.717, 1.165) is 28.1 Å². The van der Waals surface area contributed by atoms with E-state index >= 15 is 0 Å². The summed E-state index contributed by atoms with van der Waals surface area (Å²) in [5.41, 5.74) is 6.21. The van der Waals surface area contributed by atoms with Crippen molar-refractivity contribution in [1.82, 2.24) is 4.98 Å². The third kappa shape index (κ3) is 6.96. The monoisotopic (exact) mass is 444 g/mol. The van der Waals surface area contributed by atoms with E-state index < -0.39 is 0 Å². The fraction of sp³-hybridized carbons (Fsp3) is 0.138. The number of pyridine rings is 1. The average molecular weight is 445 g/mol. The fourth-order valence-corrected chi connectivity index (χ4v) is 2.89. The van der Waals surface area contributed by atoms with Crippen molar-refractivity contribution >= 4 is 0 Å². The van der Waals surface area contributed by atoms with E-state index in [0.29, 0.717) is 0 Å². The average Bonchev–Trinajstić information content (AvgIpc) is 2.80. The Morgan fingerprint density at radius 2 is 1.23 bits per heavy atom. The van der Waals surface area contributed by atoms with Gasteiger partial charge in [0.15, 0.2) is 0 Å². The van der Waals surface area contributed by atoms with Crippen LogP contribution in [-0.4, -0.2) is 4.98 Å². The molecular formula is C29H24NNi. The first-order valence-electron chi connectivity index (χ1n) is 9.92. The summed E-state index contributed by atoms with van der Waals surface area (Å²) in [5, 5.41) is 0. The normalized spacial score (nSPS) is 10.1. The second-order valence-corrected chi connectivity index (χ2v) is 7.91. The fourth-order valence-electron chi connectivity index (χ4n) is 2.89. The zero-order valence-corrected chi connectivity index (χ0v) is 18.9. The molecule has 1 radical (unpaired) electrons. The zero-order valence-electron chi connectivity index (χ0n) is 17.9. The van der Waals surface area contributed by atoms with Crippen molar-refractivity contribution in [2.75, 3.05) is 0 Å². The Kier molecular flexibility index (Phi) is 8.80.